The van der Waals surface area contributed by atoms with Gasteiger partial charge < -0.3 is 34.0 Å². The van der Waals surface area contributed by atoms with Crippen molar-refractivity contribution in [2.75, 3.05) is 50.7 Å². The molecule has 0 aliphatic carbocycles. The van der Waals surface area contributed by atoms with E-state index >= 15 is 0 Å². The molecule has 1 amide bonds. The molecular weight excluding hydrogens is 576 g/mol. The van der Waals surface area contributed by atoms with Crippen molar-refractivity contribution < 1.29 is 37.3 Å². The molecule has 1 unspecified atom stereocenters. The summed E-state index contributed by atoms with van der Waals surface area (Å²) in [7, 11) is 2.41. The van der Waals surface area contributed by atoms with Crippen LogP contribution in [0.1, 0.15) is 28.8 Å². The number of rotatable bonds is 9. The number of methoxy groups -OCH3 is 2. The number of nitrogens with zero attached hydrogens (tertiary/aromatic N) is 4. The number of benzene rings is 1. The number of carbonyl (C=O) groups is 1. The van der Waals surface area contributed by atoms with E-state index in [2.05, 4.69) is 25.2 Å². The van der Waals surface area contributed by atoms with Crippen LogP contribution in [-0.4, -0.2) is 66.5 Å². The number of carbonyl (C=O) groups excluding carboxylic acids is 1. The number of pyridine rings is 2. The van der Waals surface area contributed by atoms with Crippen molar-refractivity contribution in [2.24, 2.45) is 0 Å². The first-order valence-electron chi connectivity index (χ1n) is 12.8. The standard InChI is InChI=1S/C28H26ClF2N5O6/c1-39-19-12-20(40-2)26(31)24(25(19)30)27(38)28-35-18-10-16(32-14-21(18)42-28)9-15-13-33-22(36-5-7-41-8-6-36)11-17(15)34-23(37)3-4-29/h3-4,10-14,27,38H,5-9H2,1-2H3,(H,33,34,37). The molecule has 4 aromatic rings. The van der Waals surface area contributed by atoms with Gasteiger partial charge in [-0.05, 0) is 6.07 Å². The Hall–Kier alpha value is -4.33. The lowest BCUT2D eigenvalue weighted by molar-refractivity contribution is -0.111. The zero-order chi connectivity index (χ0) is 29.8. The largest absolute Gasteiger partial charge is 0.494 e. The minimum absolute atomic E-state index is 0.185. The molecule has 0 spiro atoms. The summed E-state index contributed by atoms with van der Waals surface area (Å²) in [6.45, 7) is 2.47. The molecule has 1 atom stereocenters. The number of halogens is 3. The van der Waals surface area contributed by atoms with E-state index in [9.17, 15) is 18.7 Å². The second-order valence-electron chi connectivity index (χ2n) is 9.18. The van der Waals surface area contributed by atoms with Gasteiger partial charge in [-0.15, -0.1) is 0 Å². The molecule has 3 aromatic heterocycles. The maximum absolute atomic E-state index is 15.0. The Kier molecular flexibility index (Phi) is 8.80. The van der Waals surface area contributed by atoms with Crippen LogP contribution in [0.15, 0.2) is 46.6 Å². The van der Waals surface area contributed by atoms with Crippen LogP contribution in [0.25, 0.3) is 11.1 Å². The van der Waals surface area contributed by atoms with E-state index in [1.807, 2.05) is 0 Å². The van der Waals surface area contributed by atoms with Crippen molar-refractivity contribution >= 4 is 40.1 Å². The van der Waals surface area contributed by atoms with Gasteiger partial charge in [0.05, 0.1) is 39.2 Å². The van der Waals surface area contributed by atoms with Gasteiger partial charge in [-0.25, -0.2) is 18.7 Å². The number of ether oxygens (including phenoxy) is 3. The summed E-state index contributed by atoms with van der Waals surface area (Å²) in [6.07, 6.45) is 2.57. The van der Waals surface area contributed by atoms with E-state index in [1.165, 1.54) is 26.5 Å². The third-order valence-electron chi connectivity index (χ3n) is 6.61. The predicted molar refractivity (Wildman–Crippen MR) is 149 cm³/mol. The number of hydrogen-bond acceptors (Lipinski definition) is 10. The van der Waals surface area contributed by atoms with Crippen LogP contribution in [0.3, 0.4) is 0 Å². The summed E-state index contributed by atoms with van der Waals surface area (Å²) >= 11 is 5.58. The fourth-order valence-corrected chi connectivity index (χ4v) is 4.61. The maximum Gasteiger partial charge on any atom is 0.249 e. The lowest BCUT2D eigenvalue weighted by Crippen LogP contribution is -2.36. The van der Waals surface area contributed by atoms with Gasteiger partial charge in [0.25, 0.3) is 0 Å². The first kappa shape index (κ1) is 29.2. The molecule has 0 radical (unpaired) electrons. The second kappa shape index (κ2) is 12.7. The monoisotopic (exact) mass is 601 g/mol. The van der Waals surface area contributed by atoms with Crippen LogP contribution in [0, 0.1) is 11.6 Å². The number of anilines is 2. The molecule has 1 aromatic carbocycles. The summed E-state index contributed by atoms with van der Waals surface area (Å²) in [5.41, 5.74) is 2.56. The smallest absolute Gasteiger partial charge is 0.249 e. The molecule has 1 saturated heterocycles. The Balaban J connectivity index is 1.45. The van der Waals surface area contributed by atoms with E-state index in [0.717, 1.165) is 11.6 Å². The van der Waals surface area contributed by atoms with Gasteiger partial charge in [0, 0.05) is 66.4 Å². The minimum Gasteiger partial charge on any atom is -0.494 e. The second-order valence-corrected chi connectivity index (χ2v) is 9.43. The summed E-state index contributed by atoms with van der Waals surface area (Å²) in [6, 6.07) is 4.41. The Morgan fingerprint density at radius 1 is 1.14 bits per heavy atom. The molecule has 220 valence electrons. The van der Waals surface area contributed by atoms with Crippen molar-refractivity contribution in [1.82, 2.24) is 15.0 Å². The third kappa shape index (κ3) is 5.98. The number of oxazole rings is 1. The molecule has 0 bridgehead atoms. The van der Waals surface area contributed by atoms with E-state index in [4.69, 9.17) is 30.2 Å². The van der Waals surface area contributed by atoms with Crippen LogP contribution in [0.4, 0.5) is 20.3 Å². The normalized spacial score (nSPS) is 14.4. The molecule has 1 aliphatic heterocycles. The molecule has 0 saturated carbocycles. The molecule has 2 N–H and O–H groups in total. The van der Waals surface area contributed by atoms with Gasteiger partial charge in [0.2, 0.25) is 11.8 Å². The first-order chi connectivity index (χ1) is 20.3. The number of aromatic nitrogens is 3. The number of fused-ring (bicyclic) bond motifs is 1. The SMILES string of the molecule is COc1cc(OC)c(F)c(C(O)c2nc3cc(Cc4cnc(N5CCOCC5)cc4NC(=O)C=CCl)ncc3o2)c1F. The van der Waals surface area contributed by atoms with Crippen LogP contribution < -0.4 is 19.7 Å². The first-order valence-corrected chi connectivity index (χ1v) is 13.2. The van der Waals surface area contributed by atoms with Crippen LogP contribution >= 0.6 is 11.6 Å². The maximum atomic E-state index is 15.0. The fraction of sp³-hybridized carbons (Fsp3) is 0.286. The van der Waals surface area contributed by atoms with E-state index in [1.54, 1.807) is 18.3 Å². The van der Waals surface area contributed by atoms with Crippen LogP contribution in [0.2, 0.25) is 0 Å². The van der Waals surface area contributed by atoms with Crippen LogP contribution in [-0.2, 0) is 16.0 Å². The molecule has 4 heterocycles. The van der Waals surface area contributed by atoms with Gasteiger partial charge in [0.1, 0.15) is 11.3 Å². The highest BCUT2D eigenvalue weighted by Gasteiger charge is 2.30. The average molecular weight is 602 g/mol. The molecular formula is C28H26ClF2N5O6. The van der Waals surface area contributed by atoms with Gasteiger partial charge in [-0.1, -0.05) is 11.6 Å². The molecule has 5 rings (SSSR count). The highest BCUT2D eigenvalue weighted by Crippen LogP contribution is 2.37. The highest BCUT2D eigenvalue weighted by molar-refractivity contribution is 6.27. The topological polar surface area (TPSA) is 132 Å². The zero-order valence-electron chi connectivity index (χ0n) is 22.6. The van der Waals surface area contributed by atoms with Crippen molar-refractivity contribution in [3.63, 3.8) is 0 Å². The average Bonchev–Trinajstić information content (AvgIpc) is 3.42. The van der Waals surface area contributed by atoms with Gasteiger partial charge >= 0.3 is 0 Å². The van der Waals surface area contributed by atoms with Crippen molar-refractivity contribution in [3.05, 3.63) is 76.6 Å². The fourth-order valence-electron chi connectivity index (χ4n) is 4.50. The number of aliphatic hydroxyl groups excluding tert-OH is 1. The van der Waals surface area contributed by atoms with E-state index < -0.39 is 29.2 Å². The number of hydrogen-bond donors (Lipinski definition) is 2. The van der Waals surface area contributed by atoms with E-state index in [0.29, 0.717) is 54.6 Å². The quantitative estimate of drug-likeness (QED) is 0.270. The summed E-state index contributed by atoms with van der Waals surface area (Å²) in [4.78, 5) is 27.6. The summed E-state index contributed by atoms with van der Waals surface area (Å²) in [5.74, 6) is -2.96. The molecule has 1 fully saturated rings. The third-order valence-corrected chi connectivity index (χ3v) is 6.74. The van der Waals surface area contributed by atoms with Gasteiger partial charge in [-0.3, -0.25) is 9.78 Å². The zero-order valence-corrected chi connectivity index (χ0v) is 23.3. The molecule has 14 heteroatoms. The highest BCUT2D eigenvalue weighted by atomic mass is 35.5. The Bertz CT molecular complexity index is 1610. The number of aliphatic hydroxyl groups is 1. The molecule has 1 aliphatic rings. The Morgan fingerprint density at radius 3 is 2.52 bits per heavy atom. The van der Waals surface area contributed by atoms with Crippen molar-refractivity contribution in [2.45, 2.75) is 12.5 Å². The summed E-state index contributed by atoms with van der Waals surface area (Å²) < 4.78 is 50.8. The van der Waals surface area contributed by atoms with Gasteiger partial charge in [-0.2, -0.15) is 0 Å². The van der Waals surface area contributed by atoms with Crippen LogP contribution in [0.5, 0.6) is 11.5 Å². The number of amides is 1. The lowest BCUT2D eigenvalue weighted by Gasteiger charge is -2.28. The van der Waals surface area contributed by atoms with Crippen molar-refractivity contribution in [1.29, 1.82) is 0 Å². The lowest BCUT2D eigenvalue weighted by atomic mass is 10.1. The number of nitrogens with one attached hydrogen (secondary N) is 1. The summed E-state index contributed by atoms with van der Waals surface area (Å²) in [5, 5.41) is 13.7. The van der Waals surface area contributed by atoms with Crippen molar-refractivity contribution in [3.8, 4) is 11.5 Å². The minimum atomic E-state index is -1.90. The predicted octanol–water partition coefficient (Wildman–Crippen LogP) is 4.11. The Labute approximate surface area is 243 Å². The van der Waals surface area contributed by atoms with Gasteiger partial charge in [0.15, 0.2) is 34.8 Å². The number of morpholine rings is 1. The molecule has 11 nitrogen and oxygen atoms in total. The molecule has 42 heavy (non-hydrogen) atoms. The Morgan fingerprint density at radius 2 is 1.86 bits per heavy atom. The van der Waals surface area contributed by atoms with E-state index in [-0.39, 0.29) is 29.4 Å².